The van der Waals surface area contributed by atoms with Gasteiger partial charge in [-0.2, -0.15) is 5.10 Å². The number of nitrogens with two attached hydrogens (primary N) is 1. The van der Waals surface area contributed by atoms with Crippen molar-refractivity contribution in [2.45, 2.75) is 6.54 Å². The molecule has 0 saturated heterocycles. The molecule has 0 fully saturated rings. The molecule has 0 unspecified atom stereocenters. The van der Waals surface area contributed by atoms with Crippen LogP contribution in [0.15, 0.2) is 18.3 Å². The average molecular weight is 302 g/mol. The molecule has 2 rings (SSSR count). The lowest BCUT2D eigenvalue weighted by molar-refractivity contribution is 0.354. The Bertz CT molecular complexity index is 599. The fourth-order valence-electron chi connectivity index (χ4n) is 1.71. The van der Waals surface area contributed by atoms with Crippen molar-refractivity contribution >= 4 is 29.0 Å². The summed E-state index contributed by atoms with van der Waals surface area (Å²) in [5.41, 5.74) is 6.61. The molecule has 0 atom stereocenters. The Labute approximate surface area is 120 Å². The number of hydrogen-bond acceptors (Lipinski definition) is 4. The van der Waals surface area contributed by atoms with Crippen molar-refractivity contribution in [2.75, 3.05) is 20.0 Å². The Morgan fingerprint density at radius 2 is 2.00 bits per heavy atom. The Kier molecular flexibility index (Phi) is 4.07. The van der Waals surface area contributed by atoms with E-state index < -0.39 is 0 Å². The number of methoxy groups -OCH3 is 2. The fourth-order valence-corrected chi connectivity index (χ4v) is 2.15. The maximum Gasteiger partial charge on any atom is 0.179 e. The third kappa shape index (κ3) is 2.57. The van der Waals surface area contributed by atoms with Gasteiger partial charge >= 0.3 is 0 Å². The molecule has 2 aromatic rings. The van der Waals surface area contributed by atoms with Gasteiger partial charge in [-0.25, -0.2) is 4.68 Å². The molecule has 5 nitrogen and oxygen atoms in total. The van der Waals surface area contributed by atoms with Crippen LogP contribution in [-0.4, -0.2) is 24.0 Å². The number of rotatable bonds is 4. The van der Waals surface area contributed by atoms with Gasteiger partial charge in [-0.1, -0.05) is 29.3 Å². The smallest absolute Gasteiger partial charge is 0.179 e. The molecule has 1 heterocycles. The van der Waals surface area contributed by atoms with Crippen molar-refractivity contribution in [3.05, 3.63) is 33.9 Å². The van der Waals surface area contributed by atoms with Crippen LogP contribution >= 0.6 is 23.2 Å². The predicted molar refractivity (Wildman–Crippen MR) is 75.3 cm³/mol. The first kappa shape index (κ1) is 13.8. The molecule has 19 heavy (non-hydrogen) atoms. The third-order valence-electron chi connectivity index (χ3n) is 2.72. The maximum atomic E-state index is 6.28. The zero-order valence-corrected chi connectivity index (χ0v) is 12.0. The van der Waals surface area contributed by atoms with Crippen LogP contribution in [0.3, 0.4) is 0 Å². The van der Waals surface area contributed by atoms with E-state index in [1.54, 1.807) is 17.9 Å². The van der Waals surface area contributed by atoms with Gasteiger partial charge in [-0.3, -0.25) is 0 Å². The number of aromatic nitrogens is 2. The van der Waals surface area contributed by atoms with E-state index in [-0.39, 0.29) is 0 Å². The van der Waals surface area contributed by atoms with Crippen LogP contribution in [0.25, 0.3) is 0 Å². The van der Waals surface area contributed by atoms with Crippen LogP contribution in [-0.2, 0) is 6.54 Å². The number of anilines is 1. The van der Waals surface area contributed by atoms with E-state index >= 15 is 0 Å². The zero-order chi connectivity index (χ0) is 14.0. The molecule has 0 spiro atoms. The van der Waals surface area contributed by atoms with E-state index in [4.69, 9.17) is 38.4 Å². The lowest BCUT2D eigenvalue weighted by Gasteiger charge is -2.13. The topological polar surface area (TPSA) is 62.3 Å². The van der Waals surface area contributed by atoms with Gasteiger partial charge in [0, 0.05) is 0 Å². The Morgan fingerprint density at radius 1 is 1.26 bits per heavy atom. The summed E-state index contributed by atoms with van der Waals surface area (Å²) in [7, 11) is 3.09. The summed E-state index contributed by atoms with van der Waals surface area (Å²) < 4.78 is 12.0. The second-order valence-corrected chi connectivity index (χ2v) is 4.59. The van der Waals surface area contributed by atoms with Gasteiger partial charge in [0.15, 0.2) is 11.5 Å². The molecule has 1 aromatic carbocycles. The SMILES string of the molecule is COc1ccc(Cn2ncc(Cl)c2N)c(Cl)c1OC. The fraction of sp³-hybridized carbons (Fsp3) is 0.250. The van der Waals surface area contributed by atoms with Crippen LogP contribution in [0, 0.1) is 0 Å². The zero-order valence-electron chi connectivity index (χ0n) is 10.5. The Morgan fingerprint density at radius 3 is 2.53 bits per heavy atom. The highest BCUT2D eigenvalue weighted by Crippen LogP contribution is 2.37. The van der Waals surface area contributed by atoms with Crippen molar-refractivity contribution in [1.82, 2.24) is 9.78 Å². The summed E-state index contributed by atoms with van der Waals surface area (Å²) in [5, 5.41) is 4.96. The molecule has 0 aliphatic carbocycles. The van der Waals surface area contributed by atoms with Gasteiger partial charge in [0.25, 0.3) is 0 Å². The van der Waals surface area contributed by atoms with E-state index in [9.17, 15) is 0 Å². The quantitative estimate of drug-likeness (QED) is 0.943. The molecule has 0 bridgehead atoms. The number of nitrogen functional groups attached to an aromatic ring is 1. The monoisotopic (exact) mass is 301 g/mol. The first-order chi connectivity index (χ1) is 9.08. The van der Waals surface area contributed by atoms with E-state index in [2.05, 4.69) is 5.10 Å². The minimum atomic E-state index is 0.396. The molecular formula is C12H13Cl2N3O2. The Hall–Kier alpha value is -1.59. The largest absolute Gasteiger partial charge is 0.493 e. The van der Waals surface area contributed by atoms with Crippen molar-refractivity contribution in [2.24, 2.45) is 0 Å². The summed E-state index contributed by atoms with van der Waals surface area (Å²) in [6, 6.07) is 3.61. The second-order valence-electron chi connectivity index (χ2n) is 3.81. The first-order valence-electron chi connectivity index (χ1n) is 5.44. The molecule has 0 saturated carbocycles. The van der Waals surface area contributed by atoms with Crippen molar-refractivity contribution in [3.63, 3.8) is 0 Å². The van der Waals surface area contributed by atoms with E-state index in [0.717, 1.165) is 5.56 Å². The van der Waals surface area contributed by atoms with E-state index in [1.807, 2.05) is 6.07 Å². The molecule has 1 aromatic heterocycles. The molecule has 0 amide bonds. The van der Waals surface area contributed by atoms with Gasteiger partial charge in [0.2, 0.25) is 0 Å². The lowest BCUT2D eigenvalue weighted by Crippen LogP contribution is -2.07. The van der Waals surface area contributed by atoms with Crippen LogP contribution < -0.4 is 15.2 Å². The average Bonchev–Trinajstić information content (AvgIpc) is 2.72. The first-order valence-corrected chi connectivity index (χ1v) is 6.20. The van der Waals surface area contributed by atoms with Crippen molar-refractivity contribution < 1.29 is 9.47 Å². The van der Waals surface area contributed by atoms with E-state index in [1.165, 1.54) is 13.3 Å². The predicted octanol–water partition coefficient (Wildman–Crippen LogP) is 2.84. The van der Waals surface area contributed by atoms with Crippen LogP contribution in [0.5, 0.6) is 11.5 Å². The second kappa shape index (κ2) is 5.59. The number of hydrogen-bond donors (Lipinski definition) is 1. The number of ether oxygens (including phenoxy) is 2. The van der Waals surface area contributed by atoms with Crippen LogP contribution in [0.4, 0.5) is 5.82 Å². The molecular weight excluding hydrogens is 289 g/mol. The number of benzene rings is 1. The molecule has 0 radical (unpaired) electrons. The van der Waals surface area contributed by atoms with Crippen molar-refractivity contribution in [3.8, 4) is 11.5 Å². The molecule has 7 heteroatoms. The summed E-state index contributed by atoms with van der Waals surface area (Å²) in [5.74, 6) is 1.45. The highest BCUT2D eigenvalue weighted by atomic mass is 35.5. The summed E-state index contributed by atoms with van der Waals surface area (Å²) in [6.07, 6.45) is 1.49. The molecule has 2 N–H and O–H groups in total. The van der Waals surface area contributed by atoms with Crippen LogP contribution in [0.1, 0.15) is 5.56 Å². The third-order valence-corrected chi connectivity index (χ3v) is 3.42. The molecule has 0 aliphatic heterocycles. The maximum absolute atomic E-state index is 6.28. The summed E-state index contributed by atoms with van der Waals surface area (Å²) >= 11 is 12.1. The van der Waals surface area contributed by atoms with Gasteiger partial charge in [-0.15, -0.1) is 0 Å². The minimum absolute atomic E-state index is 0.396. The van der Waals surface area contributed by atoms with Crippen molar-refractivity contribution in [1.29, 1.82) is 0 Å². The normalized spacial score (nSPS) is 10.5. The number of halogens is 2. The Balaban J connectivity index is 2.38. The van der Waals surface area contributed by atoms with Gasteiger partial charge in [0.05, 0.1) is 32.0 Å². The summed E-state index contributed by atoms with van der Waals surface area (Å²) in [4.78, 5) is 0. The lowest BCUT2D eigenvalue weighted by atomic mass is 10.2. The molecule has 102 valence electrons. The number of nitrogens with zero attached hydrogens (tertiary/aromatic N) is 2. The summed E-state index contributed by atoms with van der Waals surface area (Å²) in [6.45, 7) is 0.401. The van der Waals surface area contributed by atoms with Gasteiger partial charge < -0.3 is 15.2 Å². The minimum Gasteiger partial charge on any atom is -0.493 e. The highest BCUT2D eigenvalue weighted by Gasteiger charge is 2.15. The standard InChI is InChI=1S/C12H13Cl2N3O2/c1-18-9-4-3-7(10(14)11(9)19-2)6-17-12(15)8(13)5-16-17/h3-5H,6,15H2,1-2H3. The van der Waals surface area contributed by atoms with Crippen LogP contribution in [0.2, 0.25) is 10.0 Å². The van der Waals surface area contributed by atoms with E-state index in [0.29, 0.717) is 33.9 Å². The highest BCUT2D eigenvalue weighted by molar-refractivity contribution is 6.33. The van der Waals surface area contributed by atoms with Gasteiger partial charge in [0.1, 0.15) is 10.8 Å². The van der Waals surface area contributed by atoms with Gasteiger partial charge in [-0.05, 0) is 11.6 Å². The molecule has 0 aliphatic rings.